The molecule has 0 saturated carbocycles. The van der Waals surface area contributed by atoms with Crippen LogP contribution in [0.4, 0.5) is 48.3 Å². The first-order valence-corrected chi connectivity index (χ1v) is 37.5. The molecule has 0 unspecified atom stereocenters. The molecule has 0 bridgehead atoms. The van der Waals surface area contributed by atoms with Crippen molar-refractivity contribution in [1.29, 1.82) is 0 Å². The minimum absolute atomic E-state index is 0. The van der Waals surface area contributed by atoms with Crippen LogP contribution in [0.5, 0.6) is 0 Å². The molecule has 0 saturated heterocycles. The van der Waals surface area contributed by atoms with Crippen molar-refractivity contribution in [2.75, 3.05) is 7.11 Å². The number of halogens is 17. The van der Waals surface area contributed by atoms with Crippen molar-refractivity contribution < 1.29 is 122 Å². The van der Waals surface area contributed by atoms with Crippen LogP contribution in [0.1, 0.15) is 47.8 Å². The van der Waals surface area contributed by atoms with Crippen molar-refractivity contribution in [2.45, 2.75) is 37.4 Å². The maximum absolute atomic E-state index is 14.3. The van der Waals surface area contributed by atoms with Crippen LogP contribution in [0.3, 0.4) is 0 Å². The summed E-state index contributed by atoms with van der Waals surface area (Å²) in [5.74, 6) is -16.8. The van der Waals surface area contributed by atoms with Crippen molar-refractivity contribution in [3.05, 3.63) is 346 Å². The van der Waals surface area contributed by atoms with Crippen molar-refractivity contribution in [3.8, 4) is 55.6 Å². The van der Waals surface area contributed by atoms with Gasteiger partial charge in [0, 0.05) is 81.8 Å². The predicted molar refractivity (Wildman–Crippen MR) is 439 cm³/mol. The number of methoxy groups -OCH3 is 1. The van der Waals surface area contributed by atoms with Crippen LogP contribution in [0.2, 0.25) is 30.1 Å². The number of benzene rings is 11. The number of carbonyl (C=O) groups excluding carboxylic acids is 4. The minimum Gasteiger partial charge on any atom is -0.870 e. The summed E-state index contributed by atoms with van der Waals surface area (Å²) in [6.07, 6.45) is 3.55. The number of rotatable bonds is 20. The average molecular weight is 1800 g/mol. The molecule has 123 heavy (non-hydrogen) atoms. The number of amides is 3. The summed E-state index contributed by atoms with van der Waals surface area (Å²) in [6, 6.07) is 38.0. The van der Waals surface area contributed by atoms with Gasteiger partial charge in [-0.3, -0.25) is 29.3 Å². The molecule has 17 nitrogen and oxygen atoms in total. The fourth-order valence-corrected chi connectivity index (χ4v) is 14.9. The zero-order valence-corrected chi connectivity index (χ0v) is 67.6. The second kappa shape index (κ2) is 41.2. The molecule has 624 valence electrons. The average Bonchev–Trinajstić information content (AvgIpc) is 0.759. The summed E-state index contributed by atoms with van der Waals surface area (Å²) in [5.41, 5.74) is 4.31. The number of nitrogens with one attached hydrogen (secondary N) is 3. The van der Waals surface area contributed by atoms with Crippen LogP contribution in [0, 0.1) is 64.0 Å². The van der Waals surface area contributed by atoms with Crippen LogP contribution >= 0.6 is 69.6 Å². The number of hydrogen-bond donors (Lipinski definition) is 5. The Morgan fingerprint density at radius 1 is 0.333 bits per heavy atom. The molecule has 14 rings (SSSR count). The number of fused-ring (bicyclic) bond motifs is 3. The summed E-state index contributed by atoms with van der Waals surface area (Å²) >= 11 is 38.3. The maximum atomic E-state index is 14.3. The second-order valence-electron chi connectivity index (χ2n) is 26.3. The number of hydrogen-bond acceptors (Lipinski definition) is 11. The Labute approximate surface area is 732 Å². The third-order valence-electron chi connectivity index (χ3n) is 18.8. The van der Waals surface area contributed by atoms with E-state index in [-0.39, 0.29) is 84.7 Å². The SMILES string of the molecule is COC(=O)[C@H](Cc1ccc(-c2ccc(F)cc2Cl)c2c(-c3ccc(F)cc3Cl)ccnc12)NC(=O)c1c(F)cccc1F.O.O=C(N[C@@H](Cc1ccc(-c2ccc(F)cc2Cl)c2c(-c3ccc(F)cc3Cl)ccnc12)C(=O)O)c1c(F)cccc1F.O=C(N[C@@H](Cc1ccc(-c2ccc(F)cc2Cl)c2c(Cl)ccnc12)C(=O)O)c1c(F)cccc1F.[Li+].[OH-]. The van der Waals surface area contributed by atoms with Gasteiger partial charge in [0.2, 0.25) is 0 Å². The van der Waals surface area contributed by atoms with Gasteiger partial charge in [-0.2, -0.15) is 0 Å². The van der Waals surface area contributed by atoms with Gasteiger partial charge in [-0.25, -0.2) is 62.7 Å². The summed E-state index contributed by atoms with van der Waals surface area (Å²) in [7, 11) is 1.11. The van der Waals surface area contributed by atoms with E-state index < -0.39 is 134 Å². The molecule has 0 fully saturated rings. The van der Waals surface area contributed by atoms with Crippen LogP contribution in [-0.4, -0.2) is 97.0 Å². The smallest absolute Gasteiger partial charge is 0.870 e. The first-order chi connectivity index (χ1) is 57.3. The maximum Gasteiger partial charge on any atom is 1.00 e. The molecular weight excluding hydrogens is 1750 g/mol. The summed E-state index contributed by atoms with van der Waals surface area (Å²) < 4.78 is 159. The molecule has 0 aliphatic rings. The molecule has 0 radical (unpaired) electrons. The molecule has 3 atom stereocenters. The van der Waals surface area contributed by atoms with Gasteiger partial charge in [-0.05, 0) is 190 Å². The molecule has 3 amide bonds. The van der Waals surface area contributed by atoms with E-state index in [9.17, 15) is 87.3 Å². The zero-order valence-electron chi connectivity index (χ0n) is 63.1. The number of carboxylic acids is 2. The van der Waals surface area contributed by atoms with Gasteiger partial charge in [-0.15, -0.1) is 0 Å². The topological polar surface area (TPSA) is 288 Å². The molecule has 0 aliphatic carbocycles. The number of ether oxygens (including phenoxy) is 1. The van der Waals surface area contributed by atoms with Gasteiger partial charge in [0.15, 0.2) is 0 Å². The van der Waals surface area contributed by atoms with Gasteiger partial charge in [0.1, 0.15) is 98.8 Å². The zero-order chi connectivity index (χ0) is 86.2. The molecule has 3 heterocycles. The van der Waals surface area contributed by atoms with E-state index in [2.05, 4.69) is 30.9 Å². The Morgan fingerprint density at radius 2 is 0.569 bits per heavy atom. The van der Waals surface area contributed by atoms with Gasteiger partial charge >= 0.3 is 36.8 Å². The molecule has 14 aromatic rings. The Morgan fingerprint density at radius 3 is 0.837 bits per heavy atom. The third kappa shape index (κ3) is 21.2. The van der Waals surface area contributed by atoms with Crippen molar-refractivity contribution >= 4 is 138 Å². The van der Waals surface area contributed by atoms with Gasteiger partial charge < -0.3 is 41.9 Å². The van der Waals surface area contributed by atoms with E-state index in [1.54, 1.807) is 48.5 Å². The Kier molecular flexibility index (Phi) is 31.8. The van der Waals surface area contributed by atoms with E-state index in [4.69, 9.17) is 74.3 Å². The summed E-state index contributed by atoms with van der Waals surface area (Å²) in [4.78, 5) is 88.2. The fraction of sp³-hybridized carbons (Fsp3) is 0.0795. The molecule has 0 aliphatic heterocycles. The second-order valence-corrected chi connectivity index (χ2v) is 28.7. The van der Waals surface area contributed by atoms with Crippen molar-refractivity contribution in [1.82, 2.24) is 30.9 Å². The number of carbonyl (C=O) groups is 6. The van der Waals surface area contributed by atoms with E-state index in [0.29, 0.717) is 99.5 Å². The standard InChI is InChI=1S/C32H20Cl2F4N2O3.C31H18Cl2F4N2O3.C25H15Cl2F3N2O3.Li.2H2O/c1-43-32(42)27(40-31(41)29-25(37)3-2-4-26(29)38)13-16-5-8-21(19-9-6-17(35)14-23(19)33)28-22(11-12-39-30(16)28)20-10-7-18(36)15-24(20)34;32-22-13-16(34)5-8-18(22)20-7-4-15(12-26(31(41)42)39-30(40)28-24(36)2-1-3-25(28)37)29-27(20)21(10-11-38-29)19-9-6-17(35)14-23(19)33;26-16-8-9-31-23-12(4-6-15(21(16)23)14-7-5-13(28)11-17(14)27)10-20(25(34)35)32-24(33)22-18(29)2-1-3-19(22)30;;;/h2-12,14-15,27H,13H2,1H3,(H,40,41);1-11,13-14,26H,12H2,(H,39,40)(H,41,42);1-9,11,20H,10H2,(H,32,33)(H,34,35);;2*1H2/q;;;+1;;/p-1/t27-;26-;20-;;;/m000.../s1. The first-order valence-electron chi connectivity index (χ1n) is 35.2. The number of carboxylic acid groups (broad SMARTS) is 2. The predicted octanol–water partition coefficient (Wildman–Crippen LogP) is 17.9. The van der Waals surface area contributed by atoms with Gasteiger partial charge in [0.25, 0.3) is 17.7 Å². The van der Waals surface area contributed by atoms with Crippen LogP contribution in [0.25, 0.3) is 88.3 Å². The van der Waals surface area contributed by atoms with Crippen LogP contribution in [-0.2, 0) is 38.4 Å². The van der Waals surface area contributed by atoms with Crippen molar-refractivity contribution in [2.24, 2.45) is 0 Å². The van der Waals surface area contributed by atoms with E-state index in [0.717, 1.165) is 92.0 Å². The first kappa shape index (κ1) is 94.8. The number of pyridine rings is 3. The summed E-state index contributed by atoms with van der Waals surface area (Å²) in [5, 5.41) is 28.5. The van der Waals surface area contributed by atoms with Gasteiger partial charge in [0.05, 0.1) is 53.8 Å². The molecule has 11 aromatic carbocycles. The monoisotopic (exact) mass is 1800 g/mol. The normalized spacial score (nSPS) is 11.6. The molecule has 35 heteroatoms. The molecule has 3 aromatic heterocycles. The Balaban J connectivity index is 0.000000208. The Bertz CT molecular complexity index is 6320. The molecular formula is C88H56Cl6F11LiN6O11. The molecule has 8 N–H and O–H groups in total. The third-order valence-corrected chi connectivity index (χ3v) is 20.7. The molecule has 0 spiro atoms. The van der Waals surface area contributed by atoms with E-state index in [1.807, 2.05) is 0 Å². The number of aromatic nitrogens is 3. The number of nitrogens with zero attached hydrogens (tertiary/aromatic N) is 3. The van der Waals surface area contributed by atoms with Gasteiger partial charge in [-0.1, -0.05) is 124 Å². The van der Waals surface area contributed by atoms with Crippen molar-refractivity contribution in [3.63, 3.8) is 0 Å². The largest absolute Gasteiger partial charge is 1.00 e. The number of aliphatic carboxylic acids is 2. The van der Waals surface area contributed by atoms with Crippen LogP contribution in [0.15, 0.2) is 219 Å². The minimum atomic E-state index is -1.61. The van der Waals surface area contributed by atoms with E-state index >= 15 is 0 Å². The number of esters is 1. The fourth-order valence-electron chi connectivity index (χ4n) is 13.3. The Hall–Kier alpha value is -12.0. The van der Waals surface area contributed by atoms with E-state index in [1.165, 1.54) is 85.3 Å². The quantitative estimate of drug-likeness (QED) is 0.0270. The van der Waals surface area contributed by atoms with Crippen LogP contribution < -0.4 is 34.8 Å². The summed E-state index contributed by atoms with van der Waals surface area (Å²) in [6.45, 7) is 0.